The van der Waals surface area contributed by atoms with Gasteiger partial charge in [-0.15, -0.1) is 0 Å². The molecule has 0 radical (unpaired) electrons. The number of carbonyl (C=O) groups is 2. The summed E-state index contributed by atoms with van der Waals surface area (Å²) in [5, 5.41) is 0. The fraction of sp³-hybridized carbons (Fsp3) is 0.778. The fourth-order valence-corrected chi connectivity index (χ4v) is 1.66. The first-order chi connectivity index (χ1) is 6.24. The highest BCUT2D eigenvalue weighted by Crippen LogP contribution is 2.35. The summed E-state index contributed by atoms with van der Waals surface area (Å²) < 4.78 is 4.57. The lowest BCUT2D eigenvalue weighted by Crippen LogP contribution is -2.55. The van der Waals surface area contributed by atoms with Crippen molar-refractivity contribution in [2.24, 2.45) is 5.92 Å². The van der Waals surface area contributed by atoms with Crippen LogP contribution in [-0.2, 0) is 9.53 Å². The Labute approximate surface area is 76.8 Å². The third-order valence-corrected chi connectivity index (χ3v) is 2.74. The van der Waals surface area contributed by atoms with E-state index in [0.717, 1.165) is 19.3 Å². The van der Waals surface area contributed by atoms with Gasteiger partial charge in [-0.3, -0.25) is 9.69 Å². The molecule has 0 aromatic carbocycles. The average molecular weight is 183 g/mol. The number of methoxy groups -OCH3 is 1. The lowest BCUT2D eigenvalue weighted by atomic mass is 9.96. The van der Waals surface area contributed by atoms with Gasteiger partial charge in [0.15, 0.2) is 5.78 Å². The number of ketones is 1. The Morgan fingerprint density at radius 3 is 2.38 bits per heavy atom. The molecule has 2 fully saturated rings. The van der Waals surface area contributed by atoms with Crippen LogP contribution in [0.3, 0.4) is 0 Å². The van der Waals surface area contributed by atoms with Crippen molar-refractivity contribution in [2.75, 3.05) is 13.7 Å². The van der Waals surface area contributed by atoms with E-state index in [1.807, 2.05) is 0 Å². The van der Waals surface area contributed by atoms with Crippen molar-refractivity contribution < 1.29 is 14.3 Å². The molecule has 1 amide bonds. The first kappa shape index (κ1) is 8.53. The molecule has 0 N–H and O–H groups in total. The quantitative estimate of drug-likeness (QED) is 0.636. The van der Waals surface area contributed by atoms with Crippen LogP contribution in [0, 0.1) is 5.92 Å². The highest BCUT2D eigenvalue weighted by molar-refractivity contribution is 5.92. The smallest absolute Gasteiger partial charge is 0.410 e. The molecule has 0 spiro atoms. The van der Waals surface area contributed by atoms with Crippen LogP contribution in [0.4, 0.5) is 4.79 Å². The molecule has 0 bridgehead atoms. The normalized spacial score (nSPS) is 26.5. The van der Waals surface area contributed by atoms with E-state index in [9.17, 15) is 9.59 Å². The standard InChI is InChI=1S/C9H13NO3/c1-13-9(12)10-5-4-7(10)8(11)6-2-3-6/h6-7H,2-5H2,1H3. The largest absolute Gasteiger partial charge is 0.453 e. The minimum absolute atomic E-state index is 0.181. The van der Waals surface area contributed by atoms with Crippen LogP contribution >= 0.6 is 0 Å². The molecule has 2 rings (SSSR count). The highest BCUT2D eigenvalue weighted by atomic mass is 16.5. The van der Waals surface area contributed by atoms with Crippen LogP contribution in [0.25, 0.3) is 0 Å². The molecule has 2 aliphatic rings. The second-order valence-electron chi connectivity index (χ2n) is 3.64. The minimum atomic E-state index is -0.370. The summed E-state index contributed by atoms with van der Waals surface area (Å²) in [4.78, 5) is 24.2. The molecule has 4 nitrogen and oxygen atoms in total. The summed E-state index contributed by atoms with van der Waals surface area (Å²) in [6, 6.07) is -0.181. The predicted molar refractivity (Wildman–Crippen MR) is 45.2 cm³/mol. The molecular formula is C9H13NO3. The number of amides is 1. The van der Waals surface area contributed by atoms with Gasteiger partial charge in [-0.1, -0.05) is 0 Å². The summed E-state index contributed by atoms with van der Waals surface area (Å²) in [7, 11) is 1.35. The van der Waals surface area contributed by atoms with E-state index in [-0.39, 0.29) is 23.8 Å². The molecule has 1 heterocycles. The van der Waals surface area contributed by atoms with Gasteiger partial charge in [0.05, 0.1) is 13.2 Å². The number of rotatable bonds is 2. The maximum absolute atomic E-state index is 11.6. The van der Waals surface area contributed by atoms with Crippen molar-refractivity contribution in [1.29, 1.82) is 0 Å². The van der Waals surface area contributed by atoms with Crippen molar-refractivity contribution in [3.63, 3.8) is 0 Å². The predicted octanol–water partition coefficient (Wildman–Crippen LogP) is 0.806. The van der Waals surface area contributed by atoms with Crippen molar-refractivity contribution in [3.05, 3.63) is 0 Å². The van der Waals surface area contributed by atoms with Gasteiger partial charge in [-0.25, -0.2) is 4.79 Å². The zero-order chi connectivity index (χ0) is 9.42. The van der Waals surface area contributed by atoms with E-state index in [0.29, 0.717) is 6.54 Å². The van der Waals surface area contributed by atoms with Gasteiger partial charge in [0.25, 0.3) is 0 Å². The maximum atomic E-state index is 11.6. The van der Waals surface area contributed by atoms with Crippen LogP contribution in [-0.4, -0.2) is 36.5 Å². The summed E-state index contributed by atoms with van der Waals surface area (Å²) in [6.07, 6.45) is 2.45. The van der Waals surface area contributed by atoms with Crippen LogP contribution in [0.5, 0.6) is 0 Å². The maximum Gasteiger partial charge on any atom is 0.410 e. The highest BCUT2D eigenvalue weighted by Gasteiger charge is 2.44. The summed E-state index contributed by atoms with van der Waals surface area (Å²) in [5.41, 5.74) is 0. The Hall–Kier alpha value is -1.06. The Morgan fingerprint density at radius 1 is 1.31 bits per heavy atom. The molecule has 1 aliphatic carbocycles. The third-order valence-electron chi connectivity index (χ3n) is 2.74. The molecule has 4 heteroatoms. The summed E-state index contributed by atoms with van der Waals surface area (Å²) in [6.45, 7) is 0.663. The Kier molecular flexibility index (Phi) is 1.98. The zero-order valence-corrected chi connectivity index (χ0v) is 7.66. The molecule has 0 aromatic heterocycles. The molecule has 1 atom stereocenters. The lowest BCUT2D eigenvalue weighted by Gasteiger charge is -2.38. The first-order valence-corrected chi connectivity index (χ1v) is 4.62. The Bertz CT molecular complexity index is 247. The number of Topliss-reactive ketones (excluding diaryl/α,β-unsaturated/α-hetero) is 1. The van der Waals surface area contributed by atoms with E-state index in [1.54, 1.807) is 0 Å². The van der Waals surface area contributed by atoms with E-state index in [1.165, 1.54) is 12.0 Å². The molecule has 13 heavy (non-hydrogen) atoms. The van der Waals surface area contributed by atoms with E-state index < -0.39 is 0 Å². The van der Waals surface area contributed by atoms with Crippen LogP contribution in [0.1, 0.15) is 19.3 Å². The molecule has 1 aliphatic heterocycles. The van der Waals surface area contributed by atoms with E-state index in [2.05, 4.69) is 4.74 Å². The number of carbonyl (C=O) groups excluding carboxylic acids is 2. The number of ether oxygens (including phenoxy) is 1. The number of likely N-dealkylation sites (tertiary alicyclic amines) is 1. The van der Waals surface area contributed by atoms with Crippen LogP contribution in [0.15, 0.2) is 0 Å². The first-order valence-electron chi connectivity index (χ1n) is 4.62. The SMILES string of the molecule is COC(=O)N1CCC1C(=O)C1CC1. The fourth-order valence-electron chi connectivity index (χ4n) is 1.66. The van der Waals surface area contributed by atoms with Crippen molar-refractivity contribution >= 4 is 11.9 Å². The van der Waals surface area contributed by atoms with Gasteiger partial charge in [0.2, 0.25) is 0 Å². The number of nitrogens with zero attached hydrogens (tertiary/aromatic N) is 1. The van der Waals surface area contributed by atoms with Gasteiger partial charge >= 0.3 is 6.09 Å². The topological polar surface area (TPSA) is 46.6 Å². The second kappa shape index (κ2) is 3.01. The Balaban J connectivity index is 1.93. The van der Waals surface area contributed by atoms with Crippen molar-refractivity contribution in [2.45, 2.75) is 25.3 Å². The average Bonchev–Trinajstić information content (AvgIpc) is 2.84. The molecule has 0 aromatic rings. The third kappa shape index (κ3) is 1.41. The summed E-state index contributed by atoms with van der Waals surface area (Å²) in [5.74, 6) is 0.467. The van der Waals surface area contributed by atoms with Crippen LogP contribution < -0.4 is 0 Å². The zero-order valence-electron chi connectivity index (χ0n) is 7.66. The van der Waals surface area contributed by atoms with Gasteiger partial charge in [-0.05, 0) is 19.3 Å². The summed E-state index contributed by atoms with van der Waals surface area (Å²) >= 11 is 0. The number of hydrogen-bond donors (Lipinski definition) is 0. The van der Waals surface area contributed by atoms with Crippen molar-refractivity contribution in [3.8, 4) is 0 Å². The van der Waals surface area contributed by atoms with Crippen molar-refractivity contribution in [1.82, 2.24) is 4.90 Å². The van der Waals surface area contributed by atoms with Gasteiger partial charge in [0, 0.05) is 12.5 Å². The van der Waals surface area contributed by atoms with E-state index >= 15 is 0 Å². The molecule has 1 saturated carbocycles. The minimum Gasteiger partial charge on any atom is -0.453 e. The van der Waals surface area contributed by atoms with Gasteiger partial charge in [-0.2, -0.15) is 0 Å². The molecule has 1 saturated heterocycles. The van der Waals surface area contributed by atoms with Gasteiger partial charge in [0.1, 0.15) is 0 Å². The molecular weight excluding hydrogens is 170 g/mol. The molecule has 1 unspecified atom stereocenters. The van der Waals surface area contributed by atoms with E-state index in [4.69, 9.17) is 0 Å². The molecule has 72 valence electrons. The Morgan fingerprint density at radius 2 is 2.00 bits per heavy atom. The van der Waals surface area contributed by atoms with Gasteiger partial charge < -0.3 is 4.74 Å². The van der Waals surface area contributed by atoms with Crippen LogP contribution in [0.2, 0.25) is 0 Å². The second-order valence-corrected chi connectivity index (χ2v) is 3.64. The monoisotopic (exact) mass is 183 g/mol. The lowest BCUT2D eigenvalue weighted by molar-refractivity contribution is -0.128. The number of hydrogen-bond acceptors (Lipinski definition) is 3.